The Morgan fingerprint density at radius 2 is 1.63 bits per heavy atom. The first-order valence-corrected chi connectivity index (χ1v) is 15.3. The van der Waals surface area contributed by atoms with Gasteiger partial charge in [0, 0.05) is 44.5 Å². The first kappa shape index (κ1) is 34.8. The van der Waals surface area contributed by atoms with Gasteiger partial charge in [0.1, 0.15) is 17.3 Å². The highest BCUT2D eigenvalue weighted by Gasteiger charge is 2.21. The molecule has 0 bridgehead atoms. The maximum Gasteiger partial charge on any atom is 0.200 e. The number of ether oxygens (including phenoxy) is 2. The molecule has 0 saturated carbocycles. The van der Waals surface area contributed by atoms with Gasteiger partial charge in [0.15, 0.2) is 15.3 Å². The number of halogens is 3. The lowest BCUT2D eigenvalue weighted by Gasteiger charge is -2.32. The van der Waals surface area contributed by atoms with E-state index in [9.17, 15) is 13.2 Å². The summed E-state index contributed by atoms with van der Waals surface area (Å²) in [6.07, 6.45) is 2.91. The molecule has 0 radical (unpaired) electrons. The molecule has 0 aliphatic carbocycles. The van der Waals surface area contributed by atoms with Crippen molar-refractivity contribution in [3.63, 3.8) is 0 Å². The van der Waals surface area contributed by atoms with E-state index in [1.54, 1.807) is 42.1 Å². The fourth-order valence-corrected chi connectivity index (χ4v) is 6.11. The fraction of sp³-hybridized carbons (Fsp3) is 0.483. The lowest BCUT2D eigenvalue weighted by atomic mass is 10.0. The molecule has 0 unspecified atom stereocenters. The monoisotopic (exact) mass is 631 g/mol. The Morgan fingerprint density at radius 1 is 0.951 bits per heavy atom. The summed E-state index contributed by atoms with van der Waals surface area (Å²) in [5.74, 6) is 0.275. The van der Waals surface area contributed by atoms with Crippen molar-refractivity contribution >= 4 is 45.6 Å². The number of aryl methyl sites for hydroxylation is 1. The van der Waals surface area contributed by atoms with E-state index in [-0.39, 0.29) is 59.3 Å². The topological polar surface area (TPSA) is 81.1 Å². The summed E-state index contributed by atoms with van der Waals surface area (Å²) in [5.41, 5.74) is 0.675. The molecule has 228 valence electrons. The zero-order valence-corrected chi connectivity index (χ0v) is 26.3. The molecule has 1 aliphatic rings. The molecule has 8 nitrogen and oxygen atoms in total. The summed E-state index contributed by atoms with van der Waals surface area (Å²) in [4.78, 5) is 18.1. The van der Waals surface area contributed by atoms with Crippen LogP contribution >= 0.6 is 24.8 Å². The predicted molar refractivity (Wildman–Crippen MR) is 168 cm³/mol. The highest BCUT2D eigenvalue weighted by molar-refractivity contribution is 7.91. The Kier molecular flexibility index (Phi) is 13.4. The number of benzene rings is 2. The molecular formula is C29H40Cl2FN3O5S. The highest BCUT2D eigenvalue weighted by atomic mass is 35.5. The fourth-order valence-electron chi connectivity index (χ4n) is 4.86. The van der Waals surface area contributed by atoms with Crippen molar-refractivity contribution in [3.05, 3.63) is 58.6 Å². The molecule has 1 aromatic heterocycles. The molecule has 2 heterocycles. The van der Waals surface area contributed by atoms with Crippen molar-refractivity contribution in [1.29, 1.82) is 0 Å². The van der Waals surface area contributed by atoms with Gasteiger partial charge in [0.2, 0.25) is 0 Å². The van der Waals surface area contributed by atoms with Crippen LogP contribution in [0, 0.1) is 5.82 Å². The van der Waals surface area contributed by atoms with Crippen LogP contribution in [-0.4, -0.2) is 87.8 Å². The Labute approximate surface area is 254 Å². The summed E-state index contributed by atoms with van der Waals surface area (Å²) in [6, 6.07) is 9.65. The van der Waals surface area contributed by atoms with Gasteiger partial charge in [-0.3, -0.25) is 4.79 Å². The van der Waals surface area contributed by atoms with E-state index in [4.69, 9.17) is 9.47 Å². The number of hydrogen-bond acceptors (Lipinski definition) is 7. The quantitative estimate of drug-likeness (QED) is 0.291. The van der Waals surface area contributed by atoms with Gasteiger partial charge >= 0.3 is 0 Å². The number of pyridine rings is 1. The molecule has 0 atom stereocenters. The number of methoxy groups -OCH3 is 1. The number of aromatic nitrogens is 1. The molecular weight excluding hydrogens is 592 g/mol. The minimum absolute atomic E-state index is 0. The van der Waals surface area contributed by atoms with E-state index < -0.39 is 21.1 Å². The molecule has 0 N–H and O–H groups in total. The standard InChI is InChI=1S/C29H38FN3O5S.2ClH/c1-4-18-38-26-11-10-25(30)27-28(26)33(21-24(29(27)34)22-6-8-23(37-3)9-7-22)17-20-39(35,36)19-5-12-32-15-13-31(2)14-16-32;;/h6-11,21H,4-5,12-20H2,1-3H3;2*1H. The van der Waals surface area contributed by atoms with E-state index in [2.05, 4.69) is 16.8 Å². The van der Waals surface area contributed by atoms with Crippen molar-refractivity contribution in [3.8, 4) is 22.6 Å². The number of likely N-dealkylation sites (N-methyl/N-ethyl adjacent to an activating group) is 1. The molecule has 0 amide bonds. The highest BCUT2D eigenvalue weighted by Crippen LogP contribution is 2.30. The van der Waals surface area contributed by atoms with Gasteiger partial charge in [0.25, 0.3) is 0 Å². The lowest BCUT2D eigenvalue weighted by Crippen LogP contribution is -2.44. The molecule has 2 aromatic carbocycles. The molecule has 1 saturated heterocycles. The van der Waals surface area contributed by atoms with Crippen molar-refractivity contribution in [1.82, 2.24) is 14.4 Å². The zero-order chi connectivity index (χ0) is 28.0. The third kappa shape index (κ3) is 8.81. The van der Waals surface area contributed by atoms with Crippen molar-refractivity contribution in [2.24, 2.45) is 0 Å². The van der Waals surface area contributed by atoms with Crippen LogP contribution in [0.2, 0.25) is 0 Å². The molecule has 1 fully saturated rings. The van der Waals surface area contributed by atoms with Crippen molar-refractivity contribution in [2.45, 2.75) is 26.3 Å². The number of piperazine rings is 1. The number of rotatable bonds is 12. The van der Waals surface area contributed by atoms with E-state index in [1.165, 1.54) is 12.1 Å². The minimum atomic E-state index is -3.38. The predicted octanol–water partition coefficient (Wildman–Crippen LogP) is 4.50. The normalized spacial score (nSPS) is 14.3. The molecule has 0 spiro atoms. The van der Waals surface area contributed by atoms with Crippen molar-refractivity contribution < 1.29 is 22.3 Å². The smallest absolute Gasteiger partial charge is 0.200 e. The number of nitrogens with zero attached hydrogens (tertiary/aromatic N) is 3. The van der Waals surface area contributed by atoms with Crippen LogP contribution in [0.15, 0.2) is 47.4 Å². The van der Waals surface area contributed by atoms with Crippen LogP contribution in [0.3, 0.4) is 0 Å². The molecule has 3 aromatic rings. The second-order valence-corrected chi connectivity index (χ2v) is 12.4. The zero-order valence-electron chi connectivity index (χ0n) is 23.8. The van der Waals surface area contributed by atoms with E-state index in [0.29, 0.717) is 30.1 Å². The van der Waals surface area contributed by atoms with Crippen molar-refractivity contribution in [2.75, 3.05) is 65.0 Å². The second kappa shape index (κ2) is 15.7. The third-order valence-corrected chi connectivity index (χ3v) is 8.88. The molecule has 1 aliphatic heterocycles. The van der Waals surface area contributed by atoms with Crippen LogP contribution in [-0.2, 0) is 16.4 Å². The van der Waals surface area contributed by atoms with Crippen LogP contribution in [0.5, 0.6) is 11.5 Å². The van der Waals surface area contributed by atoms with Gasteiger partial charge in [-0.25, -0.2) is 12.8 Å². The largest absolute Gasteiger partial charge is 0.497 e. The van der Waals surface area contributed by atoms with Crippen LogP contribution in [0.4, 0.5) is 4.39 Å². The SMILES string of the molecule is CCCOc1ccc(F)c2c(=O)c(-c3ccc(OC)cc3)cn(CCS(=O)(=O)CCCN3CCN(C)CC3)c12.Cl.Cl. The maximum absolute atomic E-state index is 15.2. The first-order chi connectivity index (χ1) is 18.7. The Hall–Kier alpha value is -2.37. The Morgan fingerprint density at radius 3 is 2.27 bits per heavy atom. The summed E-state index contributed by atoms with van der Waals surface area (Å²) in [5, 5.41) is -0.107. The van der Waals surface area contributed by atoms with Gasteiger partial charge < -0.3 is 23.8 Å². The van der Waals surface area contributed by atoms with Gasteiger partial charge in [-0.1, -0.05) is 19.1 Å². The number of sulfone groups is 1. The summed E-state index contributed by atoms with van der Waals surface area (Å²) < 4.78 is 54.0. The van der Waals surface area contributed by atoms with Gasteiger partial charge in [-0.05, 0) is 56.3 Å². The van der Waals surface area contributed by atoms with Gasteiger partial charge in [0.05, 0.1) is 36.1 Å². The summed E-state index contributed by atoms with van der Waals surface area (Å²) >= 11 is 0. The lowest BCUT2D eigenvalue weighted by molar-refractivity contribution is 0.154. The number of hydrogen-bond donors (Lipinski definition) is 0. The Bertz CT molecular complexity index is 1440. The van der Waals surface area contributed by atoms with Gasteiger partial charge in [-0.15, -0.1) is 24.8 Å². The van der Waals surface area contributed by atoms with E-state index in [1.807, 2.05) is 6.92 Å². The minimum Gasteiger partial charge on any atom is -0.497 e. The summed E-state index contributed by atoms with van der Waals surface area (Å²) in [6.45, 7) is 7.03. The maximum atomic E-state index is 15.2. The first-order valence-electron chi connectivity index (χ1n) is 13.5. The average molecular weight is 633 g/mol. The molecule has 4 rings (SSSR count). The Balaban J connectivity index is 0.00000294. The van der Waals surface area contributed by atoms with Crippen LogP contribution in [0.25, 0.3) is 22.0 Å². The number of fused-ring (bicyclic) bond motifs is 1. The summed E-state index contributed by atoms with van der Waals surface area (Å²) in [7, 11) is 0.259. The van der Waals surface area contributed by atoms with Gasteiger partial charge in [-0.2, -0.15) is 0 Å². The van der Waals surface area contributed by atoms with E-state index >= 15 is 4.39 Å². The average Bonchev–Trinajstić information content (AvgIpc) is 2.93. The second-order valence-electron chi connectivity index (χ2n) is 10.1. The van der Waals surface area contributed by atoms with Crippen LogP contribution < -0.4 is 14.9 Å². The molecule has 12 heteroatoms. The third-order valence-electron chi connectivity index (χ3n) is 7.17. The van der Waals surface area contributed by atoms with Crippen LogP contribution in [0.1, 0.15) is 19.8 Å². The molecule has 41 heavy (non-hydrogen) atoms. The van der Waals surface area contributed by atoms with E-state index in [0.717, 1.165) is 39.1 Å².